The molecule has 1 aliphatic carbocycles. The molecular weight excluding hydrogens is 465 g/mol. The summed E-state index contributed by atoms with van der Waals surface area (Å²) < 4.78 is 4.84. The van der Waals surface area contributed by atoms with Crippen molar-refractivity contribution in [3.05, 3.63) is 76.7 Å². The number of rotatable bonds is 4. The Morgan fingerprint density at radius 2 is 2.18 bits per heavy atom. The lowest BCUT2D eigenvalue weighted by molar-refractivity contribution is 0.419. The van der Waals surface area contributed by atoms with Crippen LogP contribution in [0, 0.1) is 16.7 Å². The minimum atomic E-state index is 0. The minimum Gasteiger partial charge on any atom is -0.398 e. The number of aryl methyl sites for hydroxylation is 1. The Labute approximate surface area is 183 Å². The van der Waals surface area contributed by atoms with Crippen molar-refractivity contribution in [3.8, 4) is 6.07 Å². The summed E-state index contributed by atoms with van der Waals surface area (Å²) in [5.74, 6) is 0. The van der Waals surface area contributed by atoms with E-state index in [0.29, 0.717) is 22.4 Å². The number of nitriles is 1. The van der Waals surface area contributed by atoms with E-state index in [9.17, 15) is 0 Å². The lowest BCUT2D eigenvalue weighted by Crippen LogP contribution is -2.18. The zero-order valence-corrected chi connectivity index (χ0v) is 17.4. The van der Waals surface area contributed by atoms with Gasteiger partial charge in [0.1, 0.15) is 6.26 Å². The molecule has 0 bridgehead atoms. The number of hydrogen-bond donors (Lipinski definition) is 3. The molecule has 7 heteroatoms. The SMILES string of the molecule is I.N#Cc1ccc2c(c1)CCC[C@H]2Nc1ccc(N)c(C(=N)c2cnoc2)c1.[HH].[HH]. The molecule has 0 spiro atoms. The van der Waals surface area contributed by atoms with Gasteiger partial charge in [-0.3, -0.25) is 5.41 Å². The van der Waals surface area contributed by atoms with Gasteiger partial charge in [0, 0.05) is 19.8 Å². The Hall–Kier alpha value is -2.86. The highest BCUT2D eigenvalue weighted by Crippen LogP contribution is 2.34. The van der Waals surface area contributed by atoms with E-state index in [4.69, 9.17) is 20.9 Å². The molecule has 146 valence electrons. The van der Waals surface area contributed by atoms with Gasteiger partial charge in [0.2, 0.25) is 0 Å². The smallest absolute Gasteiger partial charge is 0.133 e. The van der Waals surface area contributed by atoms with Crippen molar-refractivity contribution < 1.29 is 7.38 Å². The Kier molecular flexibility index (Phi) is 5.99. The van der Waals surface area contributed by atoms with Crippen molar-refractivity contribution in [2.24, 2.45) is 0 Å². The molecule has 0 saturated carbocycles. The number of anilines is 2. The van der Waals surface area contributed by atoms with Crippen molar-refractivity contribution in [2.75, 3.05) is 11.1 Å². The van der Waals surface area contributed by atoms with E-state index in [0.717, 1.165) is 24.9 Å². The molecule has 0 amide bonds. The zero-order chi connectivity index (χ0) is 18.8. The summed E-state index contributed by atoms with van der Waals surface area (Å²) in [6.45, 7) is 0. The van der Waals surface area contributed by atoms with Gasteiger partial charge in [-0.15, -0.1) is 24.0 Å². The summed E-state index contributed by atoms with van der Waals surface area (Å²) >= 11 is 0. The molecule has 4 rings (SSSR count). The van der Waals surface area contributed by atoms with Gasteiger partial charge in [-0.2, -0.15) is 5.26 Å². The number of aromatic nitrogens is 1. The second kappa shape index (κ2) is 8.44. The standard InChI is InChI=1S/C21H19N5O.HI.2H2/c22-10-13-4-6-17-14(8-13)2-1-3-20(17)26-16-5-7-19(23)18(9-16)21(24)15-11-25-27-12-15;;;/h4-9,11-12,20,24,26H,1-3,23H2;3*1H/t20-;;;/m1.../s1. The second-order valence-corrected chi connectivity index (χ2v) is 6.70. The van der Waals surface area contributed by atoms with E-state index < -0.39 is 0 Å². The lowest BCUT2D eigenvalue weighted by atomic mass is 9.86. The first-order valence-electron chi connectivity index (χ1n) is 8.83. The van der Waals surface area contributed by atoms with Crippen LogP contribution in [0.2, 0.25) is 0 Å². The average Bonchev–Trinajstić information content (AvgIpc) is 3.23. The van der Waals surface area contributed by atoms with Gasteiger partial charge in [-0.05, 0) is 60.7 Å². The first-order valence-corrected chi connectivity index (χ1v) is 8.83. The quantitative estimate of drug-likeness (QED) is 0.267. The molecule has 0 unspecified atom stereocenters. The average molecular weight is 489 g/mol. The Morgan fingerprint density at radius 3 is 2.93 bits per heavy atom. The maximum absolute atomic E-state index is 9.12. The third-order valence-electron chi connectivity index (χ3n) is 4.97. The summed E-state index contributed by atoms with van der Waals surface area (Å²) in [7, 11) is 0. The fourth-order valence-electron chi connectivity index (χ4n) is 3.58. The predicted octanol–water partition coefficient (Wildman–Crippen LogP) is 5.14. The Balaban J connectivity index is 0.00000150. The maximum Gasteiger partial charge on any atom is 0.133 e. The predicted molar refractivity (Wildman–Crippen MR) is 123 cm³/mol. The van der Waals surface area contributed by atoms with Gasteiger partial charge in [-0.25, -0.2) is 0 Å². The normalized spacial score (nSPS) is 15.0. The Bertz CT molecular complexity index is 1050. The molecule has 0 radical (unpaired) electrons. The van der Waals surface area contributed by atoms with Crippen molar-refractivity contribution in [2.45, 2.75) is 25.3 Å². The van der Waals surface area contributed by atoms with E-state index in [2.05, 4.69) is 16.5 Å². The number of benzene rings is 2. The molecule has 3 aromatic rings. The van der Waals surface area contributed by atoms with Crippen LogP contribution in [-0.4, -0.2) is 10.9 Å². The molecule has 0 fully saturated rings. The molecule has 28 heavy (non-hydrogen) atoms. The van der Waals surface area contributed by atoms with Crippen LogP contribution in [0.4, 0.5) is 11.4 Å². The lowest BCUT2D eigenvalue weighted by Gasteiger charge is -2.27. The van der Waals surface area contributed by atoms with Crippen LogP contribution in [0.25, 0.3) is 0 Å². The fourth-order valence-corrected chi connectivity index (χ4v) is 3.58. The van der Waals surface area contributed by atoms with Crippen molar-refractivity contribution in [1.82, 2.24) is 5.16 Å². The third-order valence-corrected chi connectivity index (χ3v) is 4.97. The van der Waals surface area contributed by atoms with E-state index in [-0.39, 0.29) is 38.6 Å². The second-order valence-electron chi connectivity index (χ2n) is 6.70. The van der Waals surface area contributed by atoms with Crippen molar-refractivity contribution >= 4 is 41.1 Å². The van der Waals surface area contributed by atoms with Crippen molar-refractivity contribution in [3.63, 3.8) is 0 Å². The van der Waals surface area contributed by atoms with Gasteiger partial charge in [0.05, 0.1) is 35.1 Å². The molecule has 1 atom stereocenters. The molecular formula is C21H24IN5O. The van der Waals surface area contributed by atoms with E-state index in [1.54, 1.807) is 0 Å². The van der Waals surface area contributed by atoms with Crippen LogP contribution in [-0.2, 0) is 6.42 Å². The molecule has 0 saturated heterocycles. The van der Waals surface area contributed by atoms with Crippen LogP contribution in [0.5, 0.6) is 0 Å². The molecule has 1 aromatic heterocycles. The van der Waals surface area contributed by atoms with Gasteiger partial charge >= 0.3 is 0 Å². The van der Waals surface area contributed by atoms with E-state index in [1.807, 2.05) is 36.4 Å². The summed E-state index contributed by atoms with van der Waals surface area (Å²) in [5, 5.41) is 24.7. The molecule has 1 aliphatic rings. The van der Waals surface area contributed by atoms with Crippen LogP contribution in [0.15, 0.2) is 53.4 Å². The summed E-state index contributed by atoms with van der Waals surface area (Å²) in [6, 6.07) is 13.9. The van der Waals surface area contributed by atoms with E-state index >= 15 is 0 Å². The number of nitrogen functional groups attached to an aromatic ring is 1. The van der Waals surface area contributed by atoms with Crippen molar-refractivity contribution in [1.29, 1.82) is 10.7 Å². The van der Waals surface area contributed by atoms with Crippen LogP contribution in [0.1, 0.15) is 49.6 Å². The summed E-state index contributed by atoms with van der Waals surface area (Å²) in [4.78, 5) is 0. The third kappa shape index (κ3) is 3.87. The van der Waals surface area contributed by atoms with Gasteiger partial charge < -0.3 is 15.6 Å². The number of nitrogens with zero attached hydrogens (tertiary/aromatic N) is 2. The molecule has 2 aromatic carbocycles. The van der Waals surface area contributed by atoms with Crippen LogP contribution in [0.3, 0.4) is 0 Å². The summed E-state index contributed by atoms with van der Waals surface area (Å²) in [5.41, 5.74) is 12.2. The maximum atomic E-state index is 9.12. The molecule has 4 N–H and O–H groups in total. The van der Waals surface area contributed by atoms with E-state index in [1.165, 1.54) is 23.6 Å². The van der Waals surface area contributed by atoms with Crippen LogP contribution >= 0.6 is 24.0 Å². The zero-order valence-electron chi connectivity index (χ0n) is 15.1. The monoisotopic (exact) mass is 489 g/mol. The highest BCUT2D eigenvalue weighted by Gasteiger charge is 2.21. The Morgan fingerprint density at radius 1 is 1.32 bits per heavy atom. The highest BCUT2D eigenvalue weighted by atomic mass is 127. The summed E-state index contributed by atoms with van der Waals surface area (Å²) in [6.07, 6.45) is 6.02. The molecule has 1 heterocycles. The minimum absolute atomic E-state index is 0. The number of nitrogens with one attached hydrogen (secondary N) is 2. The van der Waals surface area contributed by atoms with Gasteiger partial charge in [-0.1, -0.05) is 11.2 Å². The highest BCUT2D eigenvalue weighted by molar-refractivity contribution is 14.0. The number of nitrogens with two attached hydrogens (primary N) is 1. The fraction of sp³-hybridized carbons (Fsp3) is 0.190. The van der Waals surface area contributed by atoms with Gasteiger partial charge in [0.15, 0.2) is 0 Å². The first-order chi connectivity index (χ1) is 13.2. The first kappa shape index (κ1) is 19.9. The molecule has 6 nitrogen and oxygen atoms in total. The van der Waals surface area contributed by atoms with Crippen LogP contribution < -0.4 is 11.1 Å². The molecule has 0 aliphatic heterocycles. The number of hydrogen-bond acceptors (Lipinski definition) is 6. The largest absolute Gasteiger partial charge is 0.398 e. The van der Waals surface area contributed by atoms with Gasteiger partial charge in [0.25, 0.3) is 0 Å². The number of fused-ring (bicyclic) bond motifs is 1. The number of halogens is 1. The topological polar surface area (TPSA) is 112 Å².